The Labute approximate surface area is 93.8 Å². The van der Waals surface area contributed by atoms with Crippen LogP contribution in [0.1, 0.15) is 0 Å². The third-order valence-electron chi connectivity index (χ3n) is 2.02. The van der Waals surface area contributed by atoms with Gasteiger partial charge in [-0.25, -0.2) is 0 Å². The van der Waals surface area contributed by atoms with Crippen LogP contribution in [0.2, 0.25) is 0 Å². The van der Waals surface area contributed by atoms with Crippen LogP contribution in [-0.4, -0.2) is 14.1 Å². The molecule has 2 rings (SSSR count). The number of rotatable bonds is 2. The maximum absolute atomic E-state index is 5.65. The van der Waals surface area contributed by atoms with Crippen LogP contribution in [0.15, 0.2) is 40.6 Å². The fraction of sp³-hybridized carbons (Fsp3) is 0.0909. The Morgan fingerprint density at radius 1 is 1.14 bits per heavy atom. The molecule has 1 aromatic heterocycles. The van der Waals surface area contributed by atoms with Gasteiger partial charge in [0.25, 0.3) is 0 Å². The predicted octanol–water partition coefficient (Wildman–Crippen LogP) is 2.93. The molecule has 2 radical (unpaired) electrons. The van der Waals surface area contributed by atoms with Gasteiger partial charge in [0.1, 0.15) is 7.85 Å². The zero-order chi connectivity index (χ0) is 9.97. The van der Waals surface area contributed by atoms with Crippen molar-refractivity contribution in [1.29, 1.82) is 0 Å². The van der Waals surface area contributed by atoms with Crippen molar-refractivity contribution in [3.63, 3.8) is 0 Å². The Hall–Kier alpha value is -0.665. The molecule has 1 aromatic carbocycles. The summed E-state index contributed by atoms with van der Waals surface area (Å²) in [4.78, 5) is 2.66. The molecule has 0 nitrogen and oxygen atoms in total. The summed E-state index contributed by atoms with van der Waals surface area (Å²) >= 11 is 3.55. The minimum absolute atomic E-state index is 0.816. The third-order valence-corrected chi connectivity index (χ3v) is 3.89. The Kier molecular flexibility index (Phi) is 2.99. The predicted molar refractivity (Wildman–Crippen MR) is 66.9 cm³/mol. The standard InChI is InChI=1S/C11H9BS2/c1-13-10-6-7-14-11(10)8-2-4-9(12)5-3-8/h2-7H,1H3. The van der Waals surface area contributed by atoms with Crippen LogP contribution in [0.4, 0.5) is 0 Å². The summed E-state index contributed by atoms with van der Waals surface area (Å²) in [5.74, 6) is 0. The van der Waals surface area contributed by atoms with Gasteiger partial charge in [0.2, 0.25) is 0 Å². The molecule has 0 atom stereocenters. The highest BCUT2D eigenvalue weighted by Gasteiger charge is 2.04. The Balaban J connectivity index is 2.44. The molecule has 0 unspecified atom stereocenters. The average molecular weight is 216 g/mol. The summed E-state index contributed by atoms with van der Waals surface area (Å²) in [6.07, 6.45) is 2.10. The molecule has 14 heavy (non-hydrogen) atoms. The molecule has 0 aliphatic heterocycles. The number of thioether (sulfide) groups is 1. The van der Waals surface area contributed by atoms with E-state index in [2.05, 4.69) is 29.8 Å². The van der Waals surface area contributed by atoms with Gasteiger partial charge in [0.05, 0.1) is 0 Å². The van der Waals surface area contributed by atoms with E-state index in [1.807, 2.05) is 12.1 Å². The number of hydrogen-bond acceptors (Lipinski definition) is 2. The van der Waals surface area contributed by atoms with Gasteiger partial charge >= 0.3 is 0 Å². The Morgan fingerprint density at radius 3 is 2.50 bits per heavy atom. The highest BCUT2D eigenvalue weighted by Crippen LogP contribution is 2.34. The second-order valence-corrected chi connectivity index (χ2v) is 4.70. The van der Waals surface area contributed by atoms with E-state index in [9.17, 15) is 0 Å². The second kappa shape index (κ2) is 4.24. The van der Waals surface area contributed by atoms with E-state index >= 15 is 0 Å². The van der Waals surface area contributed by atoms with Crippen LogP contribution in [0.3, 0.4) is 0 Å². The van der Waals surface area contributed by atoms with Gasteiger partial charge < -0.3 is 0 Å². The summed E-state index contributed by atoms with van der Waals surface area (Å²) in [5.41, 5.74) is 2.06. The summed E-state index contributed by atoms with van der Waals surface area (Å²) in [7, 11) is 5.65. The van der Waals surface area contributed by atoms with Crippen molar-refractivity contribution >= 4 is 36.4 Å². The SMILES string of the molecule is [B]c1ccc(-c2sccc2SC)cc1. The van der Waals surface area contributed by atoms with Crippen LogP contribution in [0, 0.1) is 0 Å². The lowest BCUT2D eigenvalue weighted by atomic mass is 9.95. The van der Waals surface area contributed by atoms with Gasteiger partial charge in [0, 0.05) is 9.77 Å². The topological polar surface area (TPSA) is 0 Å². The van der Waals surface area contributed by atoms with Gasteiger partial charge in [-0.3, -0.25) is 0 Å². The van der Waals surface area contributed by atoms with Crippen molar-refractivity contribution in [2.24, 2.45) is 0 Å². The van der Waals surface area contributed by atoms with Crippen LogP contribution >= 0.6 is 23.1 Å². The molecule has 0 amide bonds. The van der Waals surface area contributed by atoms with E-state index < -0.39 is 0 Å². The lowest BCUT2D eigenvalue weighted by Gasteiger charge is -2.01. The molecule has 68 valence electrons. The normalized spacial score (nSPS) is 10.4. The molecule has 0 N–H and O–H groups in total. The fourth-order valence-electron chi connectivity index (χ4n) is 1.30. The Morgan fingerprint density at radius 2 is 1.86 bits per heavy atom. The molecule has 2 aromatic rings. The molecule has 3 heteroatoms. The molecule has 0 spiro atoms. The van der Waals surface area contributed by atoms with Crippen molar-refractivity contribution in [3.8, 4) is 10.4 Å². The second-order valence-electron chi connectivity index (χ2n) is 2.94. The van der Waals surface area contributed by atoms with Crippen molar-refractivity contribution in [2.75, 3.05) is 6.26 Å². The largest absolute Gasteiger partial charge is 0.143 e. The molecule has 0 bridgehead atoms. The minimum atomic E-state index is 0.816. The van der Waals surface area contributed by atoms with Crippen molar-refractivity contribution in [1.82, 2.24) is 0 Å². The van der Waals surface area contributed by atoms with Gasteiger partial charge in [0.15, 0.2) is 0 Å². The highest BCUT2D eigenvalue weighted by atomic mass is 32.2. The van der Waals surface area contributed by atoms with Crippen molar-refractivity contribution in [3.05, 3.63) is 35.7 Å². The molecular formula is C11H9BS2. The first-order chi connectivity index (χ1) is 6.81. The zero-order valence-corrected chi connectivity index (χ0v) is 9.49. The maximum atomic E-state index is 5.65. The monoisotopic (exact) mass is 216 g/mol. The molecule has 0 saturated carbocycles. The quantitative estimate of drug-likeness (QED) is 0.549. The lowest BCUT2D eigenvalue weighted by Crippen LogP contribution is -1.98. The van der Waals surface area contributed by atoms with E-state index in [4.69, 9.17) is 7.85 Å². The molecule has 0 aliphatic rings. The molecular weight excluding hydrogens is 207 g/mol. The van der Waals surface area contributed by atoms with Crippen molar-refractivity contribution in [2.45, 2.75) is 4.90 Å². The zero-order valence-electron chi connectivity index (χ0n) is 7.86. The first-order valence-corrected chi connectivity index (χ1v) is 6.39. The number of thiophene rings is 1. The summed E-state index contributed by atoms with van der Waals surface area (Å²) < 4.78 is 0. The van der Waals surface area contributed by atoms with Gasteiger partial charge in [-0.2, -0.15) is 0 Å². The van der Waals surface area contributed by atoms with Crippen molar-refractivity contribution < 1.29 is 0 Å². The summed E-state index contributed by atoms with van der Waals surface area (Å²) in [6, 6.07) is 10.2. The highest BCUT2D eigenvalue weighted by molar-refractivity contribution is 7.98. The van der Waals surface area contributed by atoms with E-state index in [-0.39, 0.29) is 0 Å². The van der Waals surface area contributed by atoms with E-state index in [0.29, 0.717) is 0 Å². The van der Waals surface area contributed by atoms with Crippen LogP contribution in [0.25, 0.3) is 10.4 Å². The van der Waals surface area contributed by atoms with Gasteiger partial charge in [-0.1, -0.05) is 29.7 Å². The average Bonchev–Trinajstić information content (AvgIpc) is 2.67. The fourth-order valence-corrected chi connectivity index (χ4v) is 3.09. The summed E-state index contributed by atoms with van der Waals surface area (Å²) in [6.45, 7) is 0. The maximum Gasteiger partial charge on any atom is 0.113 e. The van der Waals surface area contributed by atoms with Crippen LogP contribution < -0.4 is 5.46 Å². The van der Waals surface area contributed by atoms with E-state index in [0.717, 1.165) is 5.46 Å². The first kappa shape index (κ1) is 9.87. The molecule has 0 saturated heterocycles. The van der Waals surface area contributed by atoms with Gasteiger partial charge in [-0.15, -0.1) is 23.1 Å². The molecule has 1 heterocycles. The molecule has 0 aliphatic carbocycles. The van der Waals surface area contributed by atoms with Gasteiger partial charge in [-0.05, 0) is 23.3 Å². The third kappa shape index (κ3) is 1.89. The van der Waals surface area contributed by atoms with E-state index in [1.54, 1.807) is 23.1 Å². The van der Waals surface area contributed by atoms with Crippen LogP contribution in [-0.2, 0) is 0 Å². The number of hydrogen-bond donors (Lipinski definition) is 0. The van der Waals surface area contributed by atoms with E-state index in [1.165, 1.54) is 15.3 Å². The number of benzene rings is 1. The first-order valence-electron chi connectivity index (χ1n) is 4.28. The Bertz CT molecular complexity index is 417. The molecule has 0 fully saturated rings. The lowest BCUT2D eigenvalue weighted by molar-refractivity contribution is 1.57. The minimum Gasteiger partial charge on any atom is -0.143 e. The summed E-state index contributed by atoms with van der Waals surface area (Å²) in [5, 5.41) is 2.12. The smallest absolute Gasteiger partial charge is 0.113 e. The van der Waals surface area contributed by atoms with Crippen LogP contribution in [0.5, 0.6) is 0 Å².